The average molecular weight is 293 g/mol. The van der Waals surface area contributed by atoms with E-state index in [-0.39, 0.29) is 11.9 Å². The van der Waals surface area contributed by atoms with Gasteiger partial charge in [0.15, 0.2) is 11.6 Å². The number of hydrogen-bond acceptors (Lipinski definition) is 2. The maximum absolute atomic E-state index is 14.5. The van der Waals surface area contributed by atoms with Crippen LogP contribution in [0, 0.1) is 11.7 Å². The molecule has 1 aliphatic rings. The zero-order valence-electron chi connectivity index (χ0n) is 13.3. The van der Waals surface area contributed by atoms with Crippen LogP contribution in [-0.4, -0.2) is 13.7 Å². The molecule has 0 amide bonds. The van der Waals surface area contributed by atoms with Gasteiger partial charge in [-0.05, 0) is 24.9 Å². The van der Waals surface area contributed by atoms with E-state index in [0.29, 0.717) is 11.7 Å². The molecule has 2 nitrogen and oxygen atoms in total. The number of rotatable bonds is 6. The molecule has 0 aliphatic heterocycles. The SMILES string of the molecule is CCNC(CC1CCCCCC1)c1cccc(OC)c1F. The maximum Gasteiger partial charge on any atom is 0.169 e. The third-order valence-corrected chi connectivity index (χ3v) is 4.58. The van der Waals surface area contributed by atoms with E-state index in [4.69, 9.17) is 4.74 Å². The van der Waals surface area contributed by atoms with Crippen LogP contribution in [0.2, 0.25) is 0 Å². The van der Waals surface area contributed by atoms with Gasteiger partial charge in [0.1, 0.15) is 0 Å². The Labute approximate surface area is 128 Å². The summed E-state index contributed by atoms with van der Waals surface area (Å²) in [6.07, 6.45) is 8.96. The number of ether oxygens (including phenoxy) is 1. The molecule has 0 aromatic heterocycles. The molecule has 3 heteroatoms. The van der Waals surface area contributed by atoms with Gasteiger partial charge in [-0.25, -0.2) is 4.39 Å². The largest absolute Gasteiger partial charge is 0.494 e. The van der Waals surface area contributed by atoms with Crippen LogP contribution in [0.4, 0.5) is 4.39 Å². The van der Waals surface area contributed by atoms with Gasteiger partial charge in [-0.3, -0.25) is 0 Å². The average Bonchev–Trinajstić information content (AvgIpc) is 2.76. The zero-order valence-corrected chi connectivity index (χ0v) is 13.3. The fraction of sp³-hybridized carbons (Fsp3) is 0.667. The maximum atomic E-state index is 14.5. The normalized spacial score (nSPS) is 18.2. The predicted molar refractivity (Wildman–Crippen MR) is 85.2 cm³/mol. The quantitative estimate of drug-likeness (QED) is 0.757. The van der Waals surface area contributed by atoms with E-state index in [1.165, 1.54) is 45.6 Å². The van der Waals surface area contributed by atoms with Crippen molar-refractivity contribution in [1.29, 1.82) is 0 Å². The topological polar surface area (TPSA) is 21.3 Å². The van der Waals surface area contributed by atoms with Gasteiger partial charge in [-0.15, -0.1) is 0 Å². The Balaban J connectivity index is 2.14. The molecule has 0 spiro atoms. The number of halogens is 1. The predicted octanol–water partition coefficient (Wildman–Crippen LogP) is 4.85. The minimum atomic E-state index is -0.209. The molecule has 1 N–H and O–H groups in total. The summed E-state index contributed by atoms with van der Waals surface area (Å²) in [5.41, 5.74) is 0.750. The summed E-state index contributed by atoms with van der Waals surface area (Å²) in [4.78, 5) is 0. The van der Waals surface area contributed by atoms with Crippen molar-refractivity contribution in [3.8, 4) is 5.75 Å². The highest BCUT2D eigenvalue weighted by Gasteiger charge is 2.22. The lowest BCUT2D eigenvalue weighted by Crippen LogP contribution is -2.24. The molecule has 0 heterocycles. The lowest BCUT2D eigenvalue weighted by Gasteiger charge is -2.24. The lowest BCUT2D eigenvalue weighted by molar-refractivity contribution is 0.344. The van der Waals surface area contributed by atoms with Gasteiger partial charge in [0, 0.05) is 11.6 Å². The molecule has 0 bridgehead atoms. The van der Waals surface area contributed by atoms with Crippen molar-refractivity contribution in [2.75, 3.05) is 13.7 Å². The molecule has 1 unspecified atom stereocenters. The zero-order chi connectivity index (χ0) is 15.1. The molecule has 0 saturated heterocycles. The second kappa shape index (κ2) is 8.38. The molecule has 1 aliphatic carbocycles. The van der Waals surface area contributed by atoms with Crippen LogP contribution < -0.4 is 10.1 Å². The Morgan fingerprint density at radius 2 is 1.95 bits per heavy atom. The Kier molecular flexibility index (Phi) is 6.50. The Hall–Kier alpha value is -1.09. The second-order valence-electron chi connectivity index (χ2n) is 6.07. The molecular formula is C18H28FNO. The first kappa shape index (κ1) is 16.3. The number of methoxy groups -OCH3 is 1. The molecular weight excluding hydrogens is 265 g/mol. The summed E-state index contributed by atoms with van der Waals surface area (Å²) in [6, 6.07) is 5.55. The summed E-state index contributed by atoms with van der Waals surface area (Å²) in [7, 11) is 1.52. The van der Waals surface area contributed by atoms with Crippen LogP contribution in [0.25, 0.3) is 0 Å². The summed E-state index contributed by atoms with van der Waals surface area (Å²) < 4.78 is 19.6. The van der Waals surface area contributed by atoms with Crippen molar-refractivity contribution in [3.05, 3.63) is 29.6 Å². The summed E-state index contributed by atoms with van der Waals surface area (Å²) in [5.74, 6) is 0.845. The number of hydrogen-bond donors (Lipinski definition) is 1. The molecule has 1 fully saturated rings. The summed E-state index contributed by atoms with van der Waals surface area (Å²) in [5, 5.41) is 3.46. The molecule has 1 aromatic carbocycles. The molecule has 2 rings (SSSR count). The van der Waals surface area contributed by atoms with Crippen molar-refractivity contribution in [1.82, 2.24) is 5.32 Å². The Bertz CT molecular complexity index is 427. The van der Waals surface area contributed by atoms with Gasteiger partial charge >= 0.3 is 0 Å². The van der Waals surface area contributed by atoms with Crippen LogP contribution in [0.1, 0.15) is 63.5 Å². The van der Waals surface area contributed by atoms with E-state index in [1.54, 1.807) is 6.07 Å². The van der Waals surface area contributed by atoms with Crippen LogP contribution >= 0.6 is 0 Å². The molecule has 21 heavy (non-hydrogen) atoms. The smallest absolute Gasteiger partial charge is 0.169 e. The monoisotopic (exact) mass is 293 g/mol. The van der Waals surface area contributed by atoms with Crippen LogP contribution in [0.5, 0.6) is 5.75 Å². The van der Waals surface area contributed by atoms with Crippen molar-refractivity contribution in [3.63, 3.8) is 0 Å². The number of nitrogens with one attached hydrogen (secondary N) is 1. The molecule has 1 atom stereocenters. The van der Waals surface area contributed by atoms with Crippen molar-refractivity contribution in [2.45, 2.75) is 57.9 Å². The van der Waals surface area contributed by atoms with Crippen molar-refractivity contribution in [2.24, 2.45) is 5.92 Å². The summed E-state index contributed by atoms with van der Waals surface area (Å²) in [6.45, 7) is 2.94. The van der Waals surface area contributed by atoms with Gasteiger partial charge in [0.2, 0.25) is 0 Å². The lowest BCUT2D eigenvalue weighted by atomic mass is 9.89. The van der Waals surface area contributed by atoms with E-state index in [1.807, 2.05) is 12.1 Å². The van der Waals surface area contributed by atoms with Gasteiger partial charge in [0.25, 0.3) is 0 Å². The van der Waals surface area contributed by atoms with Crippen molar-refractivity contribution < 1.29 is 9.13 Å². The third-order valence-electron chi connectivity index (χ3n) is 4.58. The van der Waals surface area contributed by atoms with Gasteiger partial charge in [-0.1, -0.05) is 57.6 Å². The molecule has 1 aromatic rings. The fourth-order valence-electron chi connectivity index (χ4n) is 3.45. The highest BCUT2D eigenvalue weighted by molar-refractivity contribution is 5.33. The van der Waals surface area contributed by atoms with Gasteiger partial charge in [0.05, 0.1) is 7.11 Å². The van der Waals surface area contributed by atoms with Crippen LogP contribution in [-0.2, 0) is 0 Å². The van der Waals surface area contributed by atoms with Crippen molar-refractivity contribution >= 4 is 0 Å². The Morgan fingerprint density at radius 1 is 1.24 bits per heavy atom. The molecule has 118 valence electrons. The second-order valence-corrected chi connectivity index (χ2v) is 6.07. The van der Waals surface area contributed by atoms with E-state index >= 15 is 0 Å². The standard InChI is InChI=1S/C18H28FNO/c1-3-20-16(13-14-9-6-4-5-7-10-14)15-11-8-12-17(21-2)18(15)19/h8,11-12,14,16,20H,3-7,9-10,13H2,1-2H3. The third kappa shape index (κ3) is 4.44. The van der Waals surface area contributed by atoms with Gasteiger partial charge < -0.3 is 10.1 Å². The van der Waals surface area contributed by atoms with E-state index < -0.39 is 0 Å². The van der Waals surface area contributed by atoms with Crippen LogP contribution in [0.15, 0.2) is 18.2 Å². The van der Waals surface area contributed by atoms with Crippen LogP contribution in [0.3, 0.4) is 0 Å². The van der Waals surface area contributed by atoms with E-state index in [2.05, 4.69) is 12.2 Å². The molecule has 0 radical (unpaired) electrons. The molecule has 1 saturated carbocycles. The number of benzene rings is 1. The minimum Gasteiger partial charge on any atom is -0.494 e. The fourth-order valence-corrected chi connectivity index (χ4v) is 3.45. The first-order chi connectivity index (χ1) is 10.3. The van der Waals surface area contributed by atoms with E-state index in [0.717, 1.165) is 18.5 Å². The summed E-state index contributed by atoms with van der Waals surface area (Å²) >= 11 is 0. The highest BCUT2D eigenvalue weighted by atomic mass is 19.1. The highest BCUT2D eigenvalue weighted by Crippen LogP contribution is 2.33. The minimum absolute atomic E-state index is 0.0909. The first-order valence-corrected chi connectivity index (χ1v) is 8.32. The first-order valence-electron chi connectivity index (χ1n) is 8.32. The Morgan fingerprint density at radius 3 is 2.57 bits per heavy atom. The van der Waals surface area contributed by atoms with Gasteiger partial charge in [-0.2, -0.15) is 0 Å². The van der Waals surface area contributed by atoms with E-state index in [9.17, 15) is 4.39 Å².